The number of hydrogen-bond acceptors (Lipinski definition) is 0. The van der Waals surface area contributed by atoms with E-state index in [-0.39, 0.29) is 0 Å². The van der Waals surface area contributed by atoms with Crippen LogP contribution in [0.1, 0.15) is 44.4 Å². The lowest BCUT2D eigenvalue weighted by Gasteiger charge is -1.97. The van der Waals surface area contributed by atoms with Gasteiger partial charge in [0.05, 0.1) is 0 Å². The van der Waals surface area contributed by atoms with Crippen LogP contribution >= 0.6 is 0 Å². The Kier molecular flexibility index (Phi) is 10.8. The molecule has 0 bridgehead atoms. The Bertz CT molecular complexity index is 277. The highest BCUT2D eigenvalue weighted by Gasteiger charge is 1.92. The molecule has 0 N–H and O–H groups in total. The molecule has 14 heavy (non-hydrogen) atoms. The summed E-state index contributed by atoms with van der Waals surface area (Å²) in [6, 6.07) is 6.13. The Labute approximate surface area is 89.4 Å². The fourth-order valence-electron chi connectivity index (χ4n) is 0.891. The first-order chi connectivity index (χ1) is 6.74. The van der Waals surface area contributed by atoms with Gasteiger partial charge < -0.3 is 0 Å². The number of benzene rings is 1. The van der Waals surface area contributed by atoms with Gasteiger partial charge >= 0.3 is 0 Å². The van der Waals surface area contributed by atoms with Gasteiger partial charge in [0, 0.05) is 5.56 Å². The summed E-state index contributed by atoms with van der Waals surface area (Å²) in [4.78, 5) is 0. The van der Waals surface area contributed by atoms with E-state index in [1.54, 1.807) is 0 Å². The van der Waals surface area contributed by atoms with Crippen molar-refractivity contribution in [1.82, 2.24) is 0 Å². The van der Waals surface area contributed by atoms with Crippen molar-refractivity contribution in [2.45, 2.75) is 41.5 Å². The molecule has 0 atom stereocenters. The molecule has 0 unspecified atom stereocenters. The maximum absolute atomic E-state index is 5.27. The van der Waals surface area contributed by atoms with Crippen molar-refractivity contribution in [3.05, 3.63) is 34.9 Å². The van der Waals surface area contributed by atoms with Gasteiger partial charge in [-0.15, -0.1) is 6.42 Å². The average molecular weight is 190 g/mol. The number of rotatable bonds is 0. The summed E-state index contributed by atoms with van der Waals surface area (Å²) in [5.74, 6) is 2.64. The third-order valence-corrected chi connectivity index (χ3v) is 1.55. The van der Waals surface area contributed by atoms with Crippen molar-refractivity contribution >= 4 is 0 Å². The van der Waals surface area contributed by atoms with Crippen LogP contribution in [0.3, 0.4) is 0 Å². The molecule has 1 aromatic rings. The molecule has 78 valence electrons. The summed E-state index contributed by atoms with van der Waals surface area (Å²) in [6.45, 7) is 12.1. The Morgan fingerprint density at radius 1 is 1.00 bits per heavy atom. The van der Waals surface area contributed by atoms with Crippen LogP contribution in [0, 0.1) is 26.2 Å². The molecule has 0 saturated carbocycles. The summed E-state index contributed by atoms with van der Waals surface area (Å²) >= 11 is 0. The van der Waals surface area contributed by atoms with Crippen molar-refractivity contribution in [2.24, 2.45) is 0 Å². The highest BCUT2D eigenvalue weighted by atomic mass is 14.0. The smallest absolute Gasteiger partial charge is 0.0274 e. The van der Waals surface area contributed by atoms with E-state index in [0.717, 1.165) is 5.56 Å². The first-order valence-corrected chi connectivity index (χ1v) is 5.28. The molecule has 1 rings (SSSR count). The molecular weight excluding hydrogens is 168 g/mol. The zero-order valence-corrected chi connectivity index (χ0v) is 10.3. The zero-order chi connectivity index (χ0) is 11.6. The predicted octanol–water partition coefficient (Wildman–Crippen LogP) is 4.34. The van der Waals surface area contributed by atoms with Crippen molar-refractivity contribution in [2.75, 3.05) is 0 Å². The van der Waals surface area contributed by atoms with Gasteiger partial charge in [0.25, 0.3) is 0 Å². The molecule has 0 nitrogen and oxygen atoms in total. The summed E-state index contributed by atoms with van der Waals surface area (Å²) in [7, 11) is 0. The molecule has 0 radical (unpaired) electrons. The van der Waals surface area contributed by atoms with Crippen molar-refractivity contribution in [3.8, 4) is 12.3 Å². The minimum absolute atomic E-state index is 1.00. The van der Waals surface area contributed by atoms with Gasteiger partial charge in [-0.3, -0.25) is 0 Å². The Hall–Kier alpha value is -1.22. The molecule has 0 saturated heterocycles. The van der Waals surface area contributed by atoms with E-state index in [4.69, 9.17) is 6.42 Å². The minimum atomic E-state index is 1.00. The van der Waals surface area contributed by atoms with Gasteiger partial charge in [0.2, 0.25) is 0 Å². The van der Waals surface area contributed by atoms with Gasteiger partial charge in [-0.1, -0.05) is 45.7 Å². The first-order valence-electron chi connectivity index (χ1n) is 5.28. The second kappa shape index (κ2) is 9.86. The molecule has 1 aromatic carbocycles. The fourth-order valence-corrected chi connectivity index (χ4v) is 0.891. The largest absolute Gasteiger partial charge is 0.115 e. The molecule has 0 aliphatic carbocycles. The standard InChI is InChI=1S/C10H10.2C2H6/c1-4-10-7-8(2)5-6-9(10)3;2*1-2/h1,5-7H,2-3H3;2*1-2H3. The minimum Gasteiger partial charge on any atom is -0.115 e. The maximum atomic E-state index is 5.27. The van der Waals surface area contributed by atoms with E-state index >= 15 is 0 Å². The van der Waals surface area contributed by atoms with Crippen LogP contribution in [-0.2, 0) is 0 Å². The molecular formula is C14H22. The molecule has 0 amide bonds. The highest BCUT2D eigenvalue weighted by Crippen LogP contribution is 2.08. The SMILES string of the molecule is C#Cc1cc(C)ccc1C.CC.CC. The van der Waals surface area contributed by atoms with Crippen LogP contribution in [0.5, 0.6) is 0 Å². The van der Waals surface area contributed by atoms with Crippen LogP contribution < -0.4 is 0 Å². The third-order valence-electron chi connectivity index (χ3n) is 1.55. The molecule has 0 aromatic heterocycles. The molecule has 0 spiro atoms. The van der Waals surface area contributed by atoms with E-state index in [1.165, 1.54) is 11.1 Å². The van der Waals surface area contributed by atoms with Crippen LogP contribution in [0.4, 0.5) is 0 Å². The lowest BCUT2D eigenvalue weighted by molar-refractivity contribution is 1.37. The molecule has 0 heterocycles. The Morgan fingerprint density at radius 3 is 1.86 bits per heavy atom. The van der Waals surface area contributed by atoms with Gasteiger partial charge in [0.1, 0.15) is 0 Å². The Morgan fingerprint density at radius 2 is 1.50 bits per heavy atom. The highest BCUT2D eigenvalue weighted by molar-refractivity contribution is 5.41. The van der Waals surface area contributed by atoms with Gasteiger partial charge in [-0.05, 0) is 31.0 Å². The van der Waals surface area contributed by atoms with E-state index in [9.17, 15) is 0 Å². The second-order valence-electron chi connectivity index (χ2n) is 2.46. The average Bonchev–Trinajstić information content (AvgIpc) is 2.27. The summed E-state index contributed by atoms with van der Waals surface area (Å²) in [5.41, 5.74) is 3.40. The summed E-state index contributed by atoms with van der Waals surface area (Å²) in [5, 5.41) is 0. The molecule has 0 aliphatic rings. The Balaban J connectivity index is 0. The normalized spacial score (nSPS) is 7.21. The second-order valence-corrected chi connectivity index (χ2v) is 2.46. The predicted molar refractivity (Wildman–Crippen MR) is 66.5 cm³/mol. The van der Waals surface area contributed by atoms with Crippen LogP contribution in [-0.4, -0.2) is 0 Å². The van der Waals surface area contributed by atoms with E-state index in [0.29, 0.717) is 0 Å². The van der Waals surface area contributed by atoms with Crippen molar-refractivity contribution in [1.29, 1.82) is 0 Å². The fraction of sp³-hybridized carbons (Fsp3) is 0.429. The number of aryl methyl sites for hydroxylation is 2. The number of hydrogen-bond donors (Lipinski definition) is 0. The number of terminal acetylenes is 1. The van der Waals surface area contributed by atoms with Crippen LogP contribution in [0.2, 0.25) is 0 Å². The van der Waals surface area contributed by atoms with Gasteiger partial charge in [0.15, 0.2) is 0 Å². The lowest BCUT2D eigenvalue weighted by Crippen LogP contribution is -1.81. The topological polar surface area (TPSA) is 0 Å². The molecule has 0 heteroatoms. The van der Waals surface area contributed by atoms with E-state index in [1.807, 2.05) is 53.7 Å². The summed E-state index contributed by atoms with van der Waals surface area (Å²) in [6.07, 6.45) is 5.27. The molecule has 0 aliphatic heterocycles. The van der Waals surface area contributed by atoms with Crippen LogP contribution in [0.15, 0.2) is 18.2 Å². The van der Waals surface area contributed by atoms with Crippen molar-refractivity contribution in [3.63, 3.8) is 0 Å². The maximum Gasteiger partial charge on any atom is 0.0274 e. The lowest BCUT2D eigenvalue weighted by atomic mass is 10.1. The first kappa shape index (κ1) is 15.3. The van der Waals surface area contributed by atoms with Gasteiger partial charge in [-0.2, -0.15) is 0 Å². The van der Waals surface area contributed by atoms with Crippen LogP contribution in [0.25, 0.3) is 0 Å². The molecule has 0 fully saturated rings. The van der Waals surface area contributed by atoms with E-state index in [2.05, 4.69) is 12.0 Å². The van der Waals surface area contributed by atoms with E-state index < -0.39 is 0 Å². The third kappa shape index (κ3) is 5.43. The van der Waals surface area contributed by atoms with Crippen molar-refractivity contribution < 1.29 is 0 Å². The zero-order valence-electron chi connectivity index (χ0n) is 10.3. The van der Waals surface area contributed by atoms with Gasteiger partial charge in [-0.25, -0.2) is 0 Å². The monoisotopic (exact) mass is 190 g/mol. The summed E-state index contributed by atoms with van der Waals surface area (Å²) < 4.78 is 0. The quantitative estimate of drug-likeness (QED) is 0.534.